The van der Waals surface area contributed by atoms with Crippen molar-refractivity contribution in [3.8, 4) is 11.5 Å². The third-order valence-electron chi connectivity index (χ3n) is 5.15. The van der Waals surface area contributed by atoms with Crippen molar-refractivity contribution >= 4 is 38.8 Å². The molecule has 0 radical (unpaired) electrons. The Labute approximate surface area is 201 Å². The van der Waals surface area contributed by atoms with Gasteiger partial charge in [-0.05, 0) is 50.0 Å². The van der Waals surface area contributed by atoms with Gasteiger partial charge in [0.05, 0.1) is 19.7 Å². The van der Waals surface area contributed by atoms with Gasteiger partial charge in [-0.25, -0.2) is 5.43 Å². The average molecular weight is 503 g/mol. The van der Waals surface area contributed by atoms with Crippen LogP contribution in [0.4, 0.5) is 0 Å². The van der Waals surface area contributed by atoms with Gasteiger partial charge in [-0.15, -0.1) is 0 Å². The van der Waals surface area contributed by atoms with Crippen LogP contribution in [0.2, 0.25) is 0 Å². The molecule has 0 aliphatic heterocycles. The van der Waals surface area contributed by atoms with E-state index in [1.165, 1.54) is 5.39 Å². The molecule has 5 nitrogen and oxygen atoms in total. The van der Waals surface area contributed by atoms with Crippen molar-refractivity contribution in [2.75, 3.05) is 7.11 Å². The van der Waals surface area contributed by atoms with Crippen LogP contribution in [0, 0.1) is 0 Å². The molecule has 0 saturated heterocycles. The minimum absolute atomic E-state index is 0.185. The molecule has 1 amide bonds. The van der Waals surface area contributed by atoms with Gasteiger partial charge in [-0.3, -0.25) is 4.79 Å². The molecular weight excluding hydrogens is 480 g/mol. The Morgan fingerprint density at radius 3 is 2.55 bits per heavy atom. The van der Waals surface area contributed by atoms with Crippen LogP contribution in [-0.4, -0.2) is 19.2 Å². The number of carbonyl (C=O) groups excluding carboxylic acids is 1. The molecule has 0 fully saturated rings. The SMILES string of the molecule is COc1cc(/C=N/NC(=O)Cc2ccccc2)c(Br)cc1OCc1cccc2ccccc12. The highest BCUT2D eigenvalue weighted by atomic mass is 79.9. The summed E-state index contributed by atoms with van der Waals surface area (Å²) in [7, 11) is 1.59. The summed E-state index contributed by atoms with van der Waals surface area (Å²) >= 11 is 3.56. The fourth-order valence-corrected chi connectivity index (χ4v) is 3.92. The summed E-state index contributed by atoms with van der Waals surface area (Å²) in [4.78, 5) is 12.1. The Bertz CT molecular complexity index is 1280. The van der Waals surface area contributed by atoms with E-state index in [1.807, 2.05) is 60.7 Å². The van der Waals surface area contributed by atoms with Crippen LogP contribution in [0.15, 0.2) is 94.5 Å². The first kappa shape index (κ1) is 22.6. The average Bonchev–Trinajstić information content (AvgIpc) is 2.84. The standard InChI is InChI=1S/C27H23BrN2O3/c1-32-25-15-22(17-29-30-27(31)14-19-8-3-2-4-9-19)24(28)16-26(25)33-18-21-12-7-11-20-10-5-6-13-23(20)21/h2-13,15-17H,14,18H2,1H3,(H,30,31)/b29-17+. The summed E-state index contributed by atoms with van der Waals surface area (Å²) in [5, 5.41) is 6.41. The van der Waals surface area contributed by atoms with Crippen LogP contribution >= 0.6 is 15.9 Å². The van der Waals surface area contributed by atoms with Crippen molar-refractivity contribution in [2.24, 2.45) is 5.10 Å². The highest BCUT2D eigenvalue weighted by molar-refractivity contribution is 9.10. The molecule has 0 aromatic heterocycles. The van der Waals surface area contributed by atoms with Crippen molar-refractivity contribution in [3.63, 3.8) is 0 Å². The molecule has 33 heavy (non-hydrogen) atoms. The molecule has 0 saturated carbocycles. The second-order valence-electron chi connectivity index (χ2n) is 7.41. The van der Waals surface area contributed by atoms with E-state index < -0.39 is 0 Å². The number of benzene rings is 4. The quantitative estimate of drug-likeness (QED) is 0.241. The summed E-state index contributed by atoms with van der Waals surface area (Å²) in [6, 6.07) is 27.6. The topological polar surface area (TPSA) is 59.9 Å². The number of hydrogen-bond donors (Lipinski definition) is 1. The summed E-state index contributed by atoms with van der Waals surface area (Å²) in [5.41, 5.74) is 5.34. The van der Waals surface area contributed by atoms with E-state index in [-0.39, 0.29) is 12.3 Å². The van der Waals surface area contributed by atoms with Crippen LogP contribution < -0.4 is 14.9 Å². The number of hydrazone groups is 1. The Hall–Kier alpha value is -3.64. The van der Waals surface area contributed by atoms with Gasteiger partial charge in [0.25, 0.3) is 0 Å². The Morgan fingerprint density at radius 1 is 0.970 bits per heavy atom. The van der Waals surface area contributed by atoms with Crippen LogP contribution in [0.1, 0.15) is 16.7 Å². The molecule has 0 heterocycles. The first-order valence-electron chi connectivity index (χ1n) is 10.5. The van der Waals surface area contributed by atoms with Crippen molar-refractivity contribution < 1.29 is 14.3 Å². The highest BCUT2D eigenvalue weighted by Crippen LogP contribution is 2.34. The van der Waals surface area contributed by atoms with Gasteiger partial charge >= 0.3 is 0 Å². The first-order chi connectivity index (χ1) is 16.1. The summed E-state index contributed by atoms with van der Waals surface area (Å²) in [5.74, 6) is 1.01. The van der Waals surface area contributed by atoms with Crippen molar-refractivity contribution in [1.29, 1.82) is 0 Å². The second kappa shape index (κ2) is 10.8. The predicted octanol–water partition coefficient (Wildman–Crippen LogP) is 5.88. The maximum absolute atomic E-state index is 12.1. The smallest absolute Gasteiger partial charge is 0.244 e. The summed E-state index contributed by atoms with van der Waals surface area (Å²) in [6.45, 7) is 0.410. The number of halogens is 1. The lowest BCUT2D eigenvalue weighted by Gasteiger charge is -2.14. The Balaban J connectivity index is 1.44. The lowest BCUT2D eigenvalue weighted by Crippen LogP contribution is -2.19. The van der Waals surface area contributed by atoms with Gasteiger partial charge in [0.2, 0.25) is 5.91 Å². The second-order valence-corrected chi connectivity index (χ2v) is 8.26. The van der Waals surface area contributed by atoms with Gasteiger partial charge < -0.3 is 9.47 Å². The zero-order chi connectivity index (χ0) is 23.0. The predicted molar refractivity (Wildman–Crippen MR) is 135 cm³/mol. The molecule has 1 N–H and O–H groups in total. The van der Waals surface area contributed by atoms with Crippen LogP contribution in [0.25, 0.3) is 10.8 Å². The summed E-state index contributed by atoms with van der Waals surface area (Å²) in [6.07, 6.45) is 1.84. The van der Waals surface area contributed by atoms with Crippen LogP contribution in [-0.2, 0) is 17.8 Å². The highest BCUT2D eigenvalue weighted by Gasteiger charge is 2.11. The lowest BCUT2D eigenvalue weighted by atomic mass is 10.1. The van der Waals surface area contributed by atoms with Crippen molar-refractivity contribution in [2.45, 2.75) is 13.0 Å². The zero-order valence-corrected chi connectivity index (χ0v) is 19.7. The minimum atomic E-state index is -0.185. The first-order valence-corrected chi connectivity index (χ1v) is 11.3. The molecule has 0 spiro atoms. The van der Waals surface area contributed by atoms with Gasteiger partial charge in [0.15, 0.2) is 11.5 Å². The van der Waals surface area contributed by atoms with E-state index in [0.29, 0.717) is 18.1 Å². The van der Waals surface area contributed by atoms with Crippen molar-refractivity contribution in [1.82, 2.24) is 5.43 Å². The number of methoxy groups -OCH3 is 1. The van der Waals surface area contributed by atoms with Gasteiger partial charge in [0.1, 0.15) is 6.61 Å². The number of nitrogens with one attached hydrogen (secondary N) is 1. The Morgan fingerprint density at radius 2 is 1.73 bits per heavy atom. The van der Waals surface area contributed by atoms with Gasteiger partial charge in [0, 0.05) is 10.0 Å². The molecule has 4 aromatic carbocycles. The van der Waals surface area contributed by atoms with E-state index in [0.717, 1.165) is 26.5 Å². The molecule has 0 aliphatic rings. The fraction of sp³-hybridized carbons (Fsp3) is 0.111. The molecule has 0 unspecified atom stereocenters. The Kier molecular flexibility index (Phi) is 7.37. The molecule has 0 atom stereocenters. The van der Waals surface area contributed by atoms with E-state index in [2.05, 4.69) is 50.7 Å². The number of ether oxygens (including phenoxy) is 2. The number of amides is 1. The van der Waals surface area contributed by atoms with Gasteiger partial charge in [-0.2, -0.15) is 5.10 Å². The van der Waals surface area contributed by atoms with E-state index in [4.69, 9.17) is 9.47 Å². The number of nitrogens with zero attached hydrogens (tertiary/aromatic N) is 1. The van der Waals surface area contributed by atoms with E-state index in [9.17, 15) is 4.79 Å². The van der Waals surface area contributed by atoms with Crippen LogP contribution in [0.5, 0.6) is 11.5 Å². The maximum atomic E-state index is 12.1. The van der Waals surface area contributed by atoms with Crippen LogP contribution in [0.3, 0.4) is 0 Å². The lowest BCUT2D eigenvalue weighted by molar-refractivity contribution is -0.120. The number of hydrogen-bond acceptors (Lipinski definition) is 4. The number of rotatable bonds is 8. The summed E-state index contributed by atoms with van der Waals surface area (Å²) < 4.78 is 12.4. The third kappa shape index (κ3) is 5.79. The van der Waals surface area contributed by atoms with Crippen molar-refractivity contribution in [3.05, 3.63) is 106 Å². The van der Waals surface area contributed by atoms with E-state index >= 15 is 0 Å². The molecule has 166 valence electrons. The fourth-order valence-electron chi connectivity index (χ4n) is 3.49. The third-order valence-corrected chi connectivity index (χ3v) is 5.83. The molecule has 6 heteroatoms. The molecule has 4 rings (SSSR count). The van der Waals surface area contributed by atoms with E-state index in [1.54, 1.807) is 13.3 Å². The number of carbonyl (C=O) groups is 1. The molecule has 4 aromatic rings. The van der Waals surface area contributed by atoms with Gasteiger partial charge in [-0.1, -0.05) is 72.8 Å². The molecule has 0 bridgehead atoms. The molecule has 0 aliphatic carbocycles. The normalized spacial score (nSPS) is 11.0. The number of fused-ring (bicyclic) bond motifs is 1. The zero-order valence-electron chi connectivity index (χ0n) is 18.1. The monoisotopic (exact) mass is 502 g/mol. The molecular formula is C27H23BrN2O3. The minimum Gasteiger partial charge on any atom is -0.493 e. The largest absolute Gasteiger partial charge is 0.493 e. The maximum Gasteiger partial charge on any atom is 0.244 e.